The average molecular weight is 301 g/mol. The Balaban J connectivity index is 2.07. The van der Waals surface area contributed by atoms with Gasteiger partial charge in [-0.3, -0.25) is 0 Å². The van der Waals surface area contributed by atoms with Crippen LogP contribution in [-0.2, 0) is 11.3 Å². The largest absolute Gasteiger partial charge is 0.465 e. The summed E-state index contributed by atoms with van der Waals surface area (Å²) in [6, 6.07) is 15.0. The van der Waals surface area contributed by atoms with Crippen molar-refractivity contribution in [2.24, 2.45) is 0 Å². The first-order chi connectivity index (χ1) is 10.2. The maximum atomic E-state index is 11.8. The molecular weight excluding hydrogens is 288 g/mol. The predicted octanol–water partition coefficient (Wildman–Crippen LogP) is 3.52. The summed E-state index contributed by atoms with van der Waals surface area (Å²) in [5.41, 5.74) is 3.14. The summed E-state index contributed by atoms with van der Waals surface area (Å²) >= 11 is 6.22. The van der Waals surface area contributed by atoms with Crippen molar-refractivity contribution in [1.82, 2.24) is 9.55 Å². The molecule has 0 saturated heterocycles. The van der Waals surface area contributed by atoms with Crippen LogP contribution in [0.15, 0.2) is 48.5 Å². The molecule has 3 rings (SSSR count). The highest BCUT2D eigenvalue weighted by molar-refractivity contribution is 6.29. The van der Waals surface area contributed by atoms with Gasteiger partial charge in [-0.15, -0.1) is 0 Å². The van der Waals surface area contributed by atoms with Crippen molar-refractivity contribution in [3.63, 3.8) is 0 Å². The smallest absolute Gasteiger partial charge is 0.338 e. The number of imidazole rings is 1. The van der Waals surface area contributed by atoms with Crippen LogP contribution >= 0.6 is 11.6 Å². The van der Waals surface area contributed by atoms with Gasteiger partial charge in [-0.25, -0.2) is 9.78 Å². The average Bonchev–Trinajstić information content (AvgIpc) is 2.83. The van der Waals surface area contributed by atoms with E-state index in [0.717, 1.165) is 16.6 Å². The second kappa shape index (κ2) is 5.58. The number of esters is 1. The minimum atomic E-state index is -0.355. The number of halogens is 1. The van der Waals surface area contributed by atoms with Gasteiger partial charge >= 0.3 is 5.97 Å². The fraction of sp³-hybridized carbons (Fsp3) is 0.125. The number of methoxy groups -OCH3 is 1. The van der Waals surface area contributed by atoms with Crippen LogP contribution in [0.3, 0.4) is 0 Å². The van der Waals surface area contributed by atoms with Crippen LogP contribution in [0.1, 0.15) is 15.9 Å². The molecule has 0 saturated carbocycles. The van der Waals surface area contributed by atoms with Gasteiger partial charge in [-0.1, -0.05) is 30.3 Å². The van der Waals surface area contributed by atoms with Crippen LogP contribution in [0.2, 0.25) is 5.28 Å². The molecule has 0 unspecified atom stereocenters. The van der Waals surface area contributed by atoms with Crippen molar-refractivity contribution in [1.29, 1.82) is 0 Å². The number of benzene rings is 2. The van der Waals surface area contributed by atoms with E-state index < -0.39 is 0 Å². The Morgan fingerprint density at radius 1 is 1.19 bits per heavy atom. The lowest BCUT2D eigenvalue weighted by Crippen LogP contribution is -2.09. The maximum Gasteiger partial charge on any atom is 0.338 e. The van der Waals surface area contributed by atoms with Crippen LogP contribution in [0.25, 0.3) is 11.0 Å². The molecule has 0 fully saturated rings. The van der Waals surface area contributed by atoms with E-state index in [4.69, 9.17) is 16.3 Å². The fourth-order valence-corrected chi connectivity index (χ4v) is 2.58. The van der Waals surface area contributed by atoms with Crippen molar-refractivity contribution in [2.75, 3.05) is 7.11 Å². The molecule has 0 bridgehead atoms. The van der Waals surface area contributed by atoms with Crippen molar-refractivity contribution in [3.8, 4) is 0 Å². The number of rotatable bonds is 3. The number of para-hydroxylation sites is 2. The highest BCUT2D eigenvalue weighted by atomic mass is 35.5. The van der Waals surface area contributed by atoms with E-state index in [9.17, 15) is 4.79 Å². The van der Waals surface area contributed by atoms with E-state index in [1.54, 1.807) is 6.07 Å². The van der Waals surface area contributed by atoms with E-state index in [-0.39, 0.29) is 5.97 Å². The van der Waals surface area contributed by atoms with Gasteiger partial charge in [0.05, 0.1) is 30.3 Å². The first kappa shape index (κ1) is 13.6. The second-order valence-electron chi connectivity index (χ2n) is 4.60. The van der Waals surface area contributed by atoms with Crippen LogP contribution in [0, 0.1) is 0 Å². The Kier molecular flexibility index (Phi) is 3.62. The van der Waals surface area contributed by atoms with Gasteiger partial charge in [0.1, 0.15) is 0 Å². The lowest BCUT2D eigenvalue weighted by molar-refractivity contribution is 0.0599. The minimum Gasteiger partial charge on any atom is -0.465 e. The zero-order chi connectivity index (χ0) is 14.8. The summed E-state index contributed by atoms with van der Waals surface area (Å²) < 4.78 is 6.69. The lowest BCUT2D eigenvalue weighted by atomic mass is 10.1. The summed E-state index contributed by atoms with van der Waals surface area (Å²) in [5.74, 6) is -0.355. The van der Waals surface area contributed by atoms with E-state index in [0.29, 0.717) is 17.4 Å². The molecule has 1 heterocycles. The Labute approximate surface area is 126 Å². The monoisotopic (exact) mass is 300 g/mol. The molecule has 5 heteroatoms. The highest BCUT2D eigenvalue weighted by Gasteiger charge is 2.14. The number of ether oxygens (including phenoxy) is 1. The third-order valence-corrected chi connectivity index (χ3v) is 3.65. The van der Waals surface area contributed by atoms with Crippen LogP contribution < -0.4 is 0 Å². The molecule has 0 radical (unpaired) electrons. The van der Waals surface area contributed by atoms with Gasteiger partial charge in [0.25, 0.3) is 0 Å². The molecule has 0 N–H and O–H groups in total. The quantitative estimate of drug-likeness (QED) is 0.695. The SMILES string of the molecule is COC(=O)c1ccccc1Cn1c(Cl)nc2ccccc21. The minimum absolute atomic E-state index is 0.355. The van der Waals surface area contributed by atoms with Gasteiger partial charge < -0.3 is 9.30 Å². The summed E-state index contributed by atoms with van der Waals surface area (Å²) in [4.78, 5) is 16.1. The number of nitrogens with zero attached hydrogens (tertiary/aromatic N) is 2. The van der Waals surface area contributed by atoms with Crippen molar-refractivity contribution >= 4 is 28.6 Å². The first-order valence-corrected chi connectivity index (χ1v) is 6.85. The molecule has 0 aliphatic rings. The summed E-state index contributed by atoms with van der Waals surface area (Å²) in [6.07, 6.45) is 0. The number of hydrogen-bond donors (Lipinski definition) is 0. The van der Waals surface area contributed by atoms with Crippen molar-refractivity contribution < 1.29 is 9.53 Å². The third kappa shape index (κ3) is 2.50. The molecule has 0 atom stereocenters. The van der Waals surface area contributed by atoms with Gasteiger partial charge in [0, 0.05) is 0 Å². The first-order valence-electron chi connectivity index (χ1n) is 6.47. The Hall–Kier alpha value is -2.33. The molecule has 0 aliphatic heterocycles. The van der Waals surface area contributed by atoms with Crippen molar-refractivity contribution in [2.45, 2.75) is 6.54 Å². The fourth-order valence-electron chi connectivity index (χ4n) is 2.33. The molecule has 2 aromatic carbocycles. The zero-order valence-corrected chi connectivity index (χ0v) is 12.2. The number of aromatic nitrogens is 2. The van der Waals surface area contributed by atoms with E-state index in [1.807, 2.05) is 47.0 Å². The van der Waals surface area contributed by atoms with Crippen LogP contribution in [-0.4, -0.2) is 22.6 Å². The van der Waals surface area contributed by atoms with Crippen LogP contribution in [0.5, 0.6) is 0 Å². The number of carbonyl (C=O) groups excluding carboxylic acids is 1. The molecule has 21 heavy (non-hydrogen) atoms. The Morgan fingerprint density at radius 2 is 1.90 bits per heavy atom. The summed E-state index contributed by atoms with van der Waals surface area (Å²) in [5, 5.41) is 0.399. The standard InChI is InChI=1S/C16H13ClN2O2/c1-21-15(20)12-7-3-2-6-11(12)10-19-14-9-5-4-8-13(14)18-16(19)17/h2-9H,10H2,1H3. The maximum absolute atomic E-state index is 11.8. The molecular formula is C16H13ClN2O2. The molecule has 106 valence electrons. The normalized spacial score (nSPS) is 10.8. The predicted molar refractivity (Wildman–Crippen MR) is 81.6 cm³/mol. The molecule has 0 amide bonds. The van der Waals surface area contributed by atoms with Gasteiger partial charge in [-0.05, 0) is 35.4 Å². The molecule has 0 aliphatic carbocycles. The zero-order valence-electron chi connectivity index (χ0n) is 11.4. The number of carbonyl (C=O) groups is 1. The lowest BCUT2D eigenvalue weighted by Gasteiger charge is -2.10. The van der Waals surface area contributed by atoms with Gasteiger partial charge in [0.2, 0.25) is 5.28 Å². The topological polar surface area (TPSA) is 44.1 Å². The summed E-state index contributed by atoms with van der Waals surface area (Å²) in [6.45, 7) is 0.463. The van der Waals surface area contributed by atoms with Gasteiger partial charge in [-0.2, -0.15) is 0 Å². The molecule has 0 spiro atoms. The Morgan fingerprint density at radius 3 is 2.71 bits per heavy atom. The van der Waals surface area contributed by atoms with Crippen molar-refractivity contribution in [3.05, 3.63) is 64.9 Å². The summed E-state index contributed by atoms with van der Waals surface area (Å²) in [7, 11) is 1.37. The van der Waals surface area contributed by atoms with Gasteiger partial charge in [0.15, 0.2) is 0 Å². The number of fused-ring (bicyclic) bond motifs is 1. The van der Waals surface area contributed by atoms with E-state index >= 15 is 0 Å². The third-order valence-electron chi connectivity index (χ3n) is 3.36. The number of hydrogen-bond acceptors (Lipinski definition) is 3. The van der Waals surface area contributed by atoms with E-state index in [2.05, 4.69) is 4.98 Å². The Bertz CT molecular complexity index is 811. The molecule has 4 nitrogen and oxygen atoms in total. The van der Waals surface area contributed by atoms with Crippen LogP contribution in [0.4, 0.5) is 0 Å². The molecule has 1 aromatic heterocycles. The molecule has 3 aromatic rings. The van der Waals surface area contributed by atoms with E-state index in [1.165, 1.54) is 7.11 Å². The second-order valence-corrected chi connectivity index (χ2v) is 4.94. The highest BCUT2D eigenvalue weighted by Crippen LogP contribution is 2.22.